The van der Waals surface area contributed by atoms with Crippen LogP contribution in [0.15, 0.2) is 21.3 Å². The Morgan fingerprint density at radius 2 is 2.35 bits per heavy atom. The molecule has 0 saturated carbocycles. The van der Waals surface area contributed by atoms with Crippen molar-refractivity contribution in [3.63, 3.8) is 0 Å². The van der Waals surface area contributed by atoms with Gasteiger partial charge in [-0.15, -0.1) is 22.7 Å². The van der Waals surface area contributed by atoms with Gasteiger partial charge in [-0.1, -0.05) is 0 Å². The number of rotatable bonds is 5. The lowest BCUT2D eigenvalue weighted by Gasteiger charge is -2.00. The first-order chi connectivity index (χ1) is 8.15. The standard InChI is InChI=1S/C10H9BrN2O2S2/c11-7-1-2-16-8(7)4-12-10-13-6(5-17-10)3-9(14)15/h1-2,5H,3-4H2,(H,12,13)(H,14,15). The average Bonchev–Trinajstić information content (AvgIpc) is 2.84. The van der Waals surface area contributed by atoms with E-state index in [9.17, 15) is 4.79 Å². The second-order valence-corrected chi connectivity index (χ2v) is 5.97. The highest BCUT2D eigenvalue weighted by atomic mass is 79.9. The molecule has 17 heavy (non-hydrogen) atoms. The summed E-state index contributed by atoms with van der Waals surface area (Å²) in [4.78, 5) is 15.9. The van der Waals surface area contributed by atoms with Crippen molar-refractivity contribution < 1.29 is 9.90 Å². The van der Waals surface area contributed by atoms with Crippen LogP contribution in [0, 0.1) is 0 Å². The molecule has 0 aliphatic heterocycles. The maximum atomic E-state index is 10.5. The number of thiophene rings is 1. The summed E-state index contributed by atoms with van der Waals surface area (Å²) in [6.45, 7) is 0.693. The molecular formula is C10H9BrN2O2S2. The van der Waals surface area contributed by atoms with Crippen molar-refractivity contribution in [3.8, 4) is 0 Å². The molecule has 7 heteroatoms. The van der Waals surface area contributed by atoms with E-state index in [4.69, 9.17) is 5.11 Å². The van der Waals surface area contributed by atoms with E-state index in [0.717, 1.165) is 9.60 Å². The van der Waals surface area contributed by atoms with Gasteiger partial charge in [-0.05, 0) is 27.4 Å². The van der Waals surface area contributed by atoms with E-state index in [-0.39, 0.29) is 6.42 Å². The van der Waals surface area contributed by atoms with Crippen LogP contribution in [0.1, 0.15) is 10.6 Å². The number of hydrogen-bond donors (Lipinski definition) is 2. The van der Waals surface area contributed by atoms with E-state index in [0.29, 0.717) is 12.2 Å². The van der Waals surface area contributed by atoms with Crippen LogP contribution in [0.2, 0.25) is 0 Å². The molecule has 4 nitrogen and oxygen atoms in total. The topological polar surface area (TPSA) is 62.2 Å². The summed E-state index contributed by atoms with van der Waals surface area (Å²) in [5, 5.41) is 16.3. The fraction of sp³-hybridized carbons (Fsp3) is 0.200. The summed E-state index contributed by atoms with van der Waals surface area (Å²) in [7, 11) is 0. The zero-order valence-electron chi connectivity index (χ0n) is 8.64. The minimum Gasteiger partial charge on any atom is -0.481 e. The van der Waals surface area contributed by atoms with Crippen molar-refractivity contribution in [3.05, 3.63) is 31.9 Å². The molecule has 0 aliphatic rings. The van der Waals surface area contributed by atoms with Gasteiger partial charge in [0.15, 0.2) is 5.13 Å². The minimum absolute atomic E-state index is 0.0269. The minimum atomic E-state index is -0.858. The highest BCUT2D eigenvalue weighted by molar-refractivity contribution is 9.10. The molecule has 0 saturated heterocycles. The molecule has 2 aromatic rings. The van der Waals surface area contributed by atoms with E-state index in [2.05, 4.69) is 26.2 Å². The number of nitrogens with one attached hydrogen (secondary N) is 1. The second-order valence-electron chi connectivity index (χ2n) is 3.26. The van der Waals surface area contributed by atoms with Gasteiger partial charge in [0.25, 0.3) is 0 Å². The van der Waals surface area contributed by atoms with Crippen LogP contribution in [-0.4, -0.2) is 16.1 Å². The fourth-order valence-electron chi connectivity index (χ4n) is 1.23. The Morgan fingerprint density at radius 1 is 1.53 bits per heavy atom. The number of anilines is 1. The second kappa shape index (κ2) is 5.61. The van der Waals surface area contributed by atoms with Crippen LogP contribution in [0.25, 0.3) is 0 Å². The summed E-state index contributed by atoms with van der Waals surface area (Å²) in [6.07, 6.45) is -0.0269. The SMILES string of the molecule is O=C(O)Cc1csc(NCc2sccc2Br)n1. The number of nitrogens with zero attached hydrogens (tertiary/aromatic N) is 1. The number of aliphatic carboxylic acids is 1. The van der Waals surface area contributed by atoms with E-state index < -0.39 is 5.97 Å². The van der Waals surface area contributed by atoms with Crippen molar-refractivity contribution >= 4 is 49.7 Å². The molecule has 2 heterocycles. The Hall–Kier alpha value is -0.920. The van der Waals surface area contributed by atoms with Gasteiger partial charge in [0.05, 0.1) is 18.7 Å². The Labute approximate surface area is 114 Å². The summed E-state index contributed by atoms with van der Waals surface area (Å²) >= 11 is 6.54. The van der Waals surface area contributed by atoms with Crippen LogP contribution in [0.4, 0.5) is 5.13 Å². The van der Waals surface area contributed by atoms with Gasteiger partial charge < -0.3 is 10.4 Å². The van der Waals surface area contributed by atoms with E-state index in [1.54, 1.807) is 16.7 Å². The Morgan fingerprint density at radius 3 is 3.00 bits per heavy atom. The molecule has 0 fully saturated rings. The van der Waals surface area contributed by atoms with Gasteiger partial charge in [0.1, 0.15) is 0 Å². The Bertz CT molecular complexity index is 524. The highest BCUT2D eigenvalue weighted by Crippen LogP contribution is 2.24. The third-order valence-electron chi connectivity index (χ3n) is 1.98. The van der Waals surface area contributed by atoms with Crippen LogP contribution in [0.3, 0.4) is 0 Å². The first-order valence-electron chi connectivity index (χ1n) is 4.77. The molecule has 90 valence electrons. The number of aromatic nitrogens is 1. The molecule has 2 rings (SSSR count). The normalized spacial score (nSPS) is 10.4. The van der Waals surface area contributed by atoms with Crippen LogP contribution < -0.4 is 5.32 Å². The third kappa shape index (κ3) is 3.52. The quantitative estimate of drug-likeness (QED) is 0.882. The predicted octanol–water partition coefficient (Wildman–Crippen LogP) is 3.21. The predicted molar refractivity (Wildman–Crippen MR) is 72.8 cm³/mol. The highest BCUT2D eigenvalue weighted by Gasteiger charge is 2.07. The van der Waals surface area contributed by atoms with Gasteiger partial charge in [-0.25, -0.2) is 4.98 Å². The Kier molecular flexibility index (Phi) is 4.14. The monoisotopic (exact) mass is 332 g/mol. The maximum Gasteiger partial charge on any atom is 0.309 e. The maximum absolute atomic E-state index is 10.5. The van der Waals surface area contributed by atoms with E-state index in [1.165, 1.54) is 16.2 Å². The smallest absolute Gasteiger partial charge is 0.309 e. The lowest BCUT2D eigenvalue weighted by atomic mass is 10.3. The molecular weight excluding hydrogens is 324 g/mol. The fourth-order valence-corrected chi connectivity index (χ4v) is 3.37. The molecule has 0 bridgehead atoms. The zero-order valence-corrected chi connectivity index (χ0v) is 11.9. The number of carbonyl (C=O) groups is 1. The number of halogens is 1. The van der Waals surface area contributed by atoms with Crippen molar-refractivity contribution in [2.75, 3.05) is 5.32 Å². The van der Waals surface area contributed by atoms with Gasteiger partial charge in [-0.2, -0.15) is 0 Å². The van der Waals surface area contributed by atoms with Gasteiger partial charge >= 0.3 is 5.97 Å². The lowest BCUT2D eigenvalue weighted by Crippen LogP contribution is -2.01. The van der Waals surface area contributed by atoms with Crippen molar-refractivity contribution in [2.45, 2.75) is 13.0 Å². The van der Waals surface area contributed by atoms with Gasteiger partial charge in [0.2, 0.25) is 0 Å². The Balaban J connectivity index is 1.93. The largest absolute Gasteiger partial charge is 0.481 e. The van der Waals surface area contributed by atoms with Crippen LogP contribution in [-0.2, 0) is 17.8 Å². The molecule has 0 atom stereocenters. The van der Waals surface area contributed by atoms with E-state index in [1.807, 2.05) is 11.4 Å². The first kappa shape index (κ1) is 12.5. The lowest BCUT2D eigenvalue weighted by molar-refractivity contribution is -0.136. The zero-order chi connectivity index (χ0) is 12.3. The summed E-state index contributed by atoms with van der Waals surface area (Å²) < 4.78 is 1.08. The van der Waals surface area contributed by atoms with Crippen molar-refractivity contribution in [1.29, 1.82) is 0 Å². The first-order valence-corrected chi connectivity index (χ1v) is 7.32. The molecule has 2 N–H and O–H groups in total. The van der Waals surface area contributed by atoms with Gasteiger partial charge in [-0.3, -0.25) is 4.79 Å². The number of thiazole rings is 1. The van der Waals surface area contributed by atoms with Crippen molar-refractivity contribution in [2.24, 2.45) is 0 Å². The molecule has 0 radical (unpaired) electrons. The summed E-state index contributed by atoms with van der Waals surface area (Å²) in [5.74, 6) is -0.858. The van der Waals surface area contributed by atoms with Crippen molar-refractivity contribution in [1.82, 2.24) is 4.98 Å². The molecule has 0 spiro atoms. The average molecular weight is 333 g/mol. The van der Waals surface area contributed by atoms with Crippen LogP contribution in [0.5, 0.6) is 0 Å². The molecule has 0 aromatic carbocycles. The third-order valence-corrected chi connectivity index (χ3v) is 4.75. The number of carboxylic acid groups (broad SMARTS) is 1. The van der Waals surface area contributed by atoms with E-state index >= 15 is 0 Å². The van der Waals surface area contributed by atoms with Crippen LogP contribution >= 0.6 is 38.6 Å². The number of hydrogen-bond acceptors (Lipinski definition) is 5. The number of carboxylic acids is 1. The summed E-state index contributed by atoms with van der Waals surface area (Å²) in [6, 6.07) is 2.00. The molecule has 0 aliphatic carbocycles. The molecule has 0 unspecified atom stereocenters. The summed E-state index contributed by atoms with van der Waals surface area (Å²) in [5.41, 5.74) is 0.593. The van der Waals surface area contributed by atoms with Gasteiger partial charge in [0, 0.05) is 14.7 Å². The molecule has 2 aromatic heterocycles. The molecule has 0 amide bonds.